The summed E-state index contributed by atoms with van der Waals surface area (Å²) in [4.78, 5) is 39.5. The van der Waals surface area contributed by atoms with Gasteiger partial charge in [-0.3, -0.25) is 14.6 Å². The second-order valence-electron chi connectivity index (χ2n) is 5.39. The molecule has 2 rings (SSSR count). The molecule has 0 spiro atoms. The highest BCUT2D eigenvalue weighted by molar-refractivity contribution is 6.15. The normalized spacial score (nSPS) is 16.3. The zero-order valence-corrected chi connectivity index (χ0v) is 14.2. The van der Waals surface area contributed by atoms with Gasteiger partial charge < -0.3 is 14.8 Å². The van der Waals surface area contributed by atoms with Gasteiger partial charge in [0, 0.05) is 25.1 Å². The van der Waals surface area contributed by atoms with Crippen molar-refractivity contribution in [3.63, 3.8) is 0 Å². The van der Waals surface area contributed by atoms with Crippen molar-refractivity contribution in [2.24, 2.45) is 4.99 Å². The number of unbranched alkanes of at least 4 members (excludes halogenated alkanes) is 1. The highest BCUT2D eigenvalue weighted by Gasteiger charge is 2.21. The van der Waals surface area contributed by atoms with E-state index in [-0.39, 0.29) is 11.5 Å². The first-order valence-corrected chi connectivity index (χ1v) is 7.96. The molecular weight excluding hydrogens is 324 g/mol. The summed E-state index contributed by atoms with van der Waals surface area (Å²) < 4.78 is 10.0. The molecule has 1 unspecified atom stereocenters. The van der Waals surface area contributed by atoms with E-state index in [1.54, 1.807) is 24.3 Å². The van der Waals surface area contributed by atoms with Gasteiger partial charge in [0.1, 0.15) is 5.70 Å². The molecule has 1 atom stereocenters. The number of aliphatic imine (C=N–C) groups is 1. The zero-order chi connectivity index (χ0) is 18.2. The average molecular weight is 344 g/mol. The summed E-state index contributed by atoms with van der Waals surface area (Å²) in [6, 6.07) is 6.30. The van der Waals surface area contributed by atoms with Gasteiger partial charge in [0.2, 0.25) is 0 Å². The van der Waals surface area contributed by atoms with Gasteiger partial charge in [0.25, 0.3) is 5.91 Å². The van der Waals surface area contributed by atoms with E-state index < -0.39 is 18.0 Å². The molecule has 1 aliphatic heterocycles. The monoisotopic (exact) mass is 344 g/mol. The van der Waals surface area contributed by atoms with Gasteiger partial charge in [-0.15, -0.1) is 0 Å². The van der Waals surface area contributed by atoms with E-state index in [0.717, 1.165) is 18.9 Å². The summed E-state index contributed by atoms with van der Waals surface area (Å²) in [5.74, 6) is -1.26. The number of hydrogen-bond acceptors (Lipinski definition) is 6. The van der Waals surface area contributed by atoms with E-state index in [2.05, 4.69) is 10.3 Å². The van der Waals surface area contributed by atoms with E-state index in [0.29, 0.717) is 17.9 Å². The van der Waals surface area contributed by atoms with E-state index in [1.807, 2.05) is 6.92 Å². The molecule has 25 heavy (non-hydrogen) atoms. The number of ether oxygens (including phenoxy) is 2. The molecule has 0 aromatic heterocycles. The lowest BCUT2D eigenvalue weighted by molar-refractivity contribution is -0.121. The van der Waals surface area contributed by atoms with Crippen molar-refractivity contribution in [1.82, 2.24) is 0 Å². The summed E-state index contributed by atoms with van der Waals surface area (Å²) in [5, 5.41) is 2.62. The Labute approximate surface area is 145 Å². The highest BCUT2D eigenvalue weighted by Crippen LogP contribution is 2.14. The van der Waals surface area contributed by atoms with Gasteiger partial charge >= 0.3 is 5.97 Å². The number of esters is 1. The van der Waals surface area contributed by atoms with Crippen LogP contribution >= 0.6 is 0 Å². The van der Waals surface area contributed by atoms with Crippen LogP contribution in [0.4, 0.5) is 5.69 Å². The lowest BCUT2D eigenvalue weighted by Gasteiger charge is -2.12. The summed E-state index contributed by atoms with van der Waals surface area (Å²) in [6.07, 6.45) is 3.44. The van der Waals surface area contributed by atoms with Crippen LogP contribution < -0.4 is 5.32 Å². The number of ketones is 1. The number of nitrogens with one attached hydrogen (secondary N) is 1. The van der Waals surface area contributed by atoms with Crippen LogP contribution in [0.25, 0.3) is 0 Å². The molecular formula is C18H20N2O5. The van der Waals surface area contributed by atoms with Crippen molar-refractivity contribution >= 4 is 29.6 Å². The highest BCUT2D eigenvalue weighted by atomic mass is 16.5. The number of anilines is 1. The van der Waals surface area contributed by atoms with Gasteiger partial charge in [0.15, 0.2) is 11.9 Å². The topological polar surface area (TPSA) is 94.1 Å². The predicted octanol–water partition coefficient (Wildman–Crippen LogP) is 2.13. The smallest absolute Gasteiger partial charge is 0.338 e. The van der Waals surface area contributed by atoms with Crippen LogP contribution in [-0.2, 0) is 19.1 Å². The van der Waals surface area contributed by atoms with Gasteiger partial charge in [0.05, 0.1) is 12.2 Å². The number of amides is 1. The Morgan fingerprint density at radius 2 is 1.96 bits per heavy atom. The molecule has 132 valence electrons. The fourth-order valence-corrected chi connectivity index (χ4v) is 2.05. The third-order valence-corrected chi connectivity index (χ3v) is 3.50. The molecule has 1 aliphatic rings. The van der Waals surface area contributed by atoms with E-state index in [9.17, 15) is 14.4 Å². The maximum atomic E-state index is 12.1. The number of carbonyl (C=O) groups excluding carboxylic acids is 3. The Morgan fingerprint density at radius 3 is 2.56 bits per heavy atom. The fourth-order valence-electron chi connectivity index (χ4n) is 2.05. The summed E-state index contributed by atoms with van der Waals surface area (Å²) in [7, 11) is 1.39. The van der Waals surface area contributed by atoms with Crippen LogP contribution in [-0.4, -0.2) is 43.7 Å². The van der Waals surface area contributed by atoms with Crippen LogP contribution in [0.3, 0.4) is 0 Å². The Morgan fingerprint density at radius 1 is 1.24 bits per heavy atom. The van der Waals surface area contributed by atoms with Gasteiger partial charge in [-0.2, -0.15) is 0 Å². The molecule has 0 saturated heterocycles. The predicted molar refractivity (Wildman–Crippen MR) is 92.6 cm³/mol. The number of hydrogen-bond donors (Lipinski definition) is 1. The molecule has 1 N–H and O–H groups in total. The van der Waals surface area contributed by atoms with Crippen molar-refractivity contribution in [2.45, 2.75) is 25.9 Å². The molecule has 0 radical (unpaired) electrons. The molecule has 0 aliphatic carbocycles. The van der Waals surface area contributed by atoms with Crippen LogP contribution in [0.15, 0.2) is 41.0 Å². The quantitative estimate of drug-likeness (QED) is 0.604. The fraction of sp³-hybridized carbons (Fsp3) is 0.333. The first-order valence-electron chi connectivity index (χ1n) is 7.96. The maximum Gasteiger partial charge on any atom is 0.338 e. The molecule has 0 fully saturated rings. The third-order valence-electron chi connectivity index (χ3n) is 3.50. The van der Waals surface area contributed by atoms with E-state index >= 15 is 0 Å². The second kappa shape index (κ2) is 8.89. The first-order chi connectivity index (χ1) is 12.0. The third kappa shape index (κ3) is 5.09. The Kier molecular flexibility index (Phi) is 6.59. The SMILES string of the molecule is CCCCOC(=O)c1ccc(NC(=O)C2=CC(=O)C(OC)C=N2)cc1. The molecule has 1 aromatic rings. The van der Waals surface area contributed by atoms with Crippen molar-refractivity contribution in [2.75, 3.05) is 19.0 Å². The minimum atomic E-state index is -0.755. The lowest BCUT2D eigenvalue weighted by atomic mass is 10.1. The van der Waals surface area contributed by atoms with Crippen LogP contribution in [0.5, 0.6) is 0 Å². The summed E-state index contributed by atoms with van der Waals surface area (Å²) in [5.41, 5.74) is 0.885. The molecule has 1 heterocycles. The lowest BCUT2D eigenvalue weighted by Crippen LogP contribution is -2.28. The van der Waals surface area contributed by atoms with Crippen LogP contribution in [0.2, 0.25) is 0 Å². The number of carbonyl (C=O) groups is 3. The van der Waals surface area contributed by atoms with Gasteiger partial charge in [-0.1, -0.05) is 13.3 Å². The Bertz CT molecular complexity index is 707. The number of methoxy groups -OCH3 is 1. The van der Waals surface area contributed by atoms with Crippen molar-refractivity contribution in [1.29, 1.82) is 0 Å². The van der Waals surface area contributed by atoms with Crippen LogP contribution in [0, 0.1) is 0 Å². The number of nitrogens with zero attached hydrogens (tertiary/aromatic N) is 1. The minimum absolute atomic E-state index is 0.00125. The van der Waals surface area contributed by atoms with E-state index in [4.69, 9.17) is 9.47 Å². The van der Waals surface area contributed by atoms with Gasteiger partial charge in [-0.05, 0) is 30.7 Å². The number of benzene rings is 1. The molecule has 0 saturated carbocycles. The molecule has 7 heteroatoms. The zero-order valence-electron chi connectivity index (χ0n) is 14.2. The molecule has 7 nitrogen and oxygen atoms in total. The average Bonchev–Trinajstić information content (AvgIpc) is 2.62. The van der Waals surface area contributed by atoms with Crippen molar-refractivity contribution < 1.29 is 23.9 Å². The Hall–Kier alpha value is -2.80. The molecule has 1 aromatic carbocycles. The maximum absolute atomic E-state index is 12.1. The largest absolute Gasteiger partial charge is 0.462 e. The van der Waals surface area contributed by atoms with Gasteiger partial charge in [-0.25, -0.2) is 4.79 Å². The molecule has 1 amide bonds. The summed E-state index contributed by atoms with van der Waals surface area (Å²) >= 11 is 0. The van der Waals surface area contributed by atoms with Crippen LogP contribution in [0.1, 0.15) is 30.1 Å². The van der Waals surface area contributed by atoms with E-state index in [1.165, 1.54) is 13.3 Å². The molecule has 0 bridgehead atoms. The Balaban J connectivity index is 1.95. The first kappa shape index (κ1) is 18.5. The standard InChI is InChI=1S/C18H20N2O5/c1-3-4-9-25-18(23)12-5-7-13(8-6-12)20-17(22)14-10-15(21)16(24-2)11-19-14/h5-8,10-11,16H,3-4,9H2,1-2H3,(H,20,22). The van der Waals surface area contributed by atoms with Crippen molar-refractivity contribution in [3.8, 4) is 0 Å². The summed E-state index contributed by atoms with van der Waals surface area (Å²) in [6.45, 7) is 2.40. The second-order valence-corrected chi connectivity index (χ2v) is 5.39. The van der Waals surface area contributed by atoms with Crippen molar-refractivity contribution in [3.05, 3.63) is 41.6 Å². The number of rotatable bonds is 7. The minimum Gasteiger partial charge on any atom is -0.462 e.